The van der Waals surface area contributed by atoms with Crippen molar-refractivity contribution in [3.63, 3.8) is 0 Å². The highest BCUT2D eigenvalue weighted by Gasteiger charge is 2.16. The van der Waals surface area contributed by atoms with Crippen LogP contribution >= 0.6 is 0 Å². The van der Waals surface area contributed by atoms with Crippen LogP contribution in [0.5, 0.6) is 0 Å². The topological polar surface area (TPSA) is 108 Å². The van der Waals surface area contributed by atoms with Gasteiger partial charge in [0, 0.05) is 47.8 Å². The van der Waals surface area contributed by atoms with Crippen LogP contribution in [0.15, 0.2) is 73.4 Å². The maximum atomic E-state index is 4.89. The molecule has 0 fully saturated rings. The van der Waals surface area contributed by atoms with Gasteiger partial charge in [0.2, 0.25) is 0 Å². The number of hydrogen-bond acceptors (Lipinski definition) is 6. The second-order valence-corrected chi connectivity index (χ2v) is 8.08. The number of aromatic amines is 2. The van der Waals surface area contributed by atoms with Crippen molar-refractivity contribution < 1.29 is 0 Å². The van der Waals surface area contributed by atoms with Crippen LogP contribution in [0, 0.1) is 0 Å². The first kappa shape index (κ1) is 20.2. The van der Waals surface area contributed by atoms with Crippen LogP contribution in [0.25, 0.3) is 55.8 Å². The minimum absolute atomic E-state index is 0.683. The molecule has 0 saturated carbocycles. The first-order valence-corrected chi connectivity index (χ1v) is 11.2. The lowest BCUT2D eigenvalue weighted by Gasteiger charge is -2.06. The molecule has 0 amide bonds. The number of H-pyrrole nitrogens is 2. The SMILES string of the molecule is CCNCc1cncc(-c2ccc3[nH]nc(-c4nc5c(-c6ccccn6)cncc5[nH]4)c3c2)c1. The van der Waals surface area contributed by atoms with E-state index < -0.39 is 0 Å². The Bertz CT molecular complexity index is 1600. The van der Waals surface area contributed by atoms with Crippen LogP contribution in [-0.4, -0.2) is 41.7 Å². The molecule has 5 heterocycles. The number of pyridine rings is 3. The maximum absolute atomic E-state index is 4.89. The van der Waals surface area contributed by atoms with E-state index in [4.69, 9.17) is 4.98 Å². The van der Waals surface area contributed by atoms with Crippen molar-refractivity contribution in [3.8, 4) is 33.9 Å². The number of hydrogen-bond donors (Lipinski definition) is 3. The number of nitrogens with zero attached hydrogens (tertiary/aromatic N) is 5. The average molecular weight is 447 g/mol. The number of nitrogens with one attached hydrogen (secondary N) is 3. The van der Waals surface area contributed by atoms with E-state index >= 15 is 0 Å². The number of benzene rings is 1. The first-order chi connectivity index (χ1) is 16.8. The monoisotopic (exact) mass is 446 g/mol. The highest BCUT2D eigenvalue weighted by molar-refractivity contribution is 5.97. The Morgan fingerprint density at radius 1 is 0.912 bits per heavy atom. The molecule has 0 aliphatic rings. The van der Waals surface area contributed by atoms with Crippen molar-refractivity contribution in [1.82, 2.24) is 40.4 Å². The van der Waals surface area contributed by atoms with Crippen molar-refractivity contribution in [3.05, 3.63) is 79.0 Å². The fourth-order valence-electron chi connectivity index (χ4n) is 4.14. The van der Waals surface area contributed by atoms with E-state index in [1.165, 1.54) is 0 Å². The van der Waals surface area contributed by atoms with Crippen molar-refractivity contribution in [2.24, 2.45) is 0 Å². The Morgan fingerprint density at radius 3 is 2.74 bits per heavy atom. The van der Waals surface area contributed by atoms with Gasteiger partial charge >= 0.3 is 0 Å². The second kappa shape index (κ2) is 8.49. The minimum atomic E-state index is 0.683. The van der Waals surface area contributed by atoms with Crippen LogP contribution in [0.1, 0.15) is 12.5 Å². The summed E-state index contributed by atoms with van der Waals surface area (Å²) in [6, 6.07) is 14.2. The lowest BCUT2D eigenvalue weighted by Crippen LogP contribution is -2.11. The number of imidazole rings is 1. The summed E-state index contributed by atoms with van der Waals surface area (Å²) in [6.45, 7) is 3.81. The van der Waals surface area contributed by atoms with Crippen molar-refractivity contribution in [2.75, 3.05) is 6.54 Å². The molecule has 0 spiro atoms. The molecule has 1 aromatic carbocycles. The Balaban J connectivity index is 1.44. The lowest BCUT2D eigenvalue weighted by atomic mass is 10.0. The summed E-state index contributed by atoms with van der Waals surface area (Å²) in [6.07, 6.45) is 9.13. The second-order valence-electron chi connectivity index (χ2n) is 8.08. The molecule has 6 aromatic rings. The average Bonchev–Trinajstić information content (AvgIpc) is 3.51. The van der Waals surface area contributed by atoms with Gasteiger partial charge in [-0.2, -0.15) is 5.10 Å². The molecule has 8 heteroatoms. The molecule has 0 bridgehead atoms. The minimum Gasteiger partial charge on any atom is -0.335 e. The summed E-state index contributed by atoms with van der Waals surface area (Å²) in [5, 5.41) is 12.0. The third kappa shape index (κ3) is 3.60. The summed E-state index contributed by atoms with van der Waals surface area (Å²) in [5.41, 5.74) is 8.36. The summed E-state index contributed by atoms with van der Waals surface area (Å²) in [7, 11) is 0. The summed E-state index contributed by atoms with van der Waals surface area (Å²) >= 11 is 0. The zero-order valence-electron chi connectivity index (χ0n) is 18.6. The predicted molar refractivity (Wildman–Crippen MR) is 133 cm³/mol. The van der Waals surface area contributed by atoms with Crippen LogP contribution in [0.3, 0.4) is 0 Å². The van der Waals surface area contributed by atoms with Gasteiger partial charge in [0.15, 0.2) is 5.82 Å². The standard InChI is InChI=1S/C26H22N8/c1-2-27-11-16-9-18(13-28-12-16)17-6-7-22-19(10-17)25(34-33-22)26-31-23-15-29-14-20(24(23)32-26)21-5-3-4-8-30-21/h3-10,12-15,27H,2,11H2,1H3,(H,31,32)(H,33,34). The molecule has 5 aromatic heterocycles. The largest absolute Gasteiger partial charge is 0.335 e. The molecule has 6 rings (SSSR count). The number of rotatable bonds is 6. The molecular weight excluding hydrogens is 424 g/mol. The van der Waals surface area contributed by atoms with E-state index in [-0.39, 0.29) is 0 Å². The zero-order valence-corrected chi connectivity index (χ0v) is 18.6. The maximum Gasteiger partial charge on any atom is 0.159 e. The third-order valence-corrected chi connectivity index (χ3v) is 5.83. The summed E-state index contributed by atoms with van der Waals surface area (Å²) in [5.74, 6) is 0.683. The third-order valence-electron chi connectivity index (χ3n) is 5.83. The molecule has 0 unspecified atom stereocenters. The van der Waals surface area contributed by atoms with Gasteiger partial charge in [0.25, 0.3) is 0 Å². The molecule has 8 nitrogen and oxygen atoms in total. The van der Waals surface area contributed by atoms with Gasteiger partial charge in [-0.15, -0.1) is 0 Å². The molecule has 0 saturated heterocycles. The van der Waals surface area contributed by atoms with E-state index in [9.17, 15) is 0 Å². The Kier molecular flexibility index (Phi) is 5.04. The number of fused-ring (bicyclic) bond motifs is 2. The highest BCUT2D eigenvalue weighted by atomic mass is 15.1. The molecule has 3 N–H and O–H groups in total. The fourth-order valence-corrected chi connectivity index (χ4v) is 4.14. The van der Waals surface area contributed by atoms with Gasteiger partial charge in [0.05, 0.1) is 22.9 Å². The van der Waals surface area contributed by atoms with Crippen molar-refractivity contribution in [2.45, 2.75) is 13.5 Å². The van der Waals surface area contributed by atoms with Gasteiger partial charge in [-0.25, -0.2) is 4.98 Å². The molecular formula is C26H22N8. The quantitative estimate of drug-likeness (QED) is 0.341. The van der Waals surface area contributed by atoms with E-state index in [2.05, 4.69) is 60.6 Å². The highest BCUT2D eigenvalue weighted by Crippen LogP contribution is 2.32. The Hall–Kier alpha value is -4.43. The first-order valence-electron chi connectivity index (χ1n) is 11.2. The van der Waals surface area contributed by atoms with Crippen LogP contribution in [0.2, 0.25) is 0 Å². The molecule has 166 valence electrons. The van der Waals surface area contributed by atoms with Gasteiger partial charge in [-0.3, -0.25) is 20.1 Å². The molecule has 0 aliphatic carbocycles. The van der Waals surface area contributed by atoms with Crippen molar-refractivity contribution >= 4 is 21.9 Å². The van der Waals surface area contributed by atoms with Crippen molar-refractivity contribution in [1.29, 1.82) is 0 Å². The molecule has 34 heavy (non-hydrogen) atoms. The summed E-state index contributed by atoms with van der Waals surface area (Å²) in [4.78, 5) is 21.6. The van der Waals surface area contributed by atoms with Crippen LogP contribution in [0.4, 0.5) is 0 Å². The molecule has 0 aliphatic heterocycles. The van der Waals surface area contributed by atoms with Gasteiger partial charge in [0.1, 0.15) is 11.2 Å². The Morgan fingerprint density at radius 2 is 1.85 bits per heavy atom. The Labute approximate surface area is 195 Å². The van der Waals surface area contributed by atoms with E-state index in [0.29, 0.717) is 5.82 Å². The van der Waals surface area contributed by atoms with Crippen LogP contribution in [-0.2, 0) is 6.54 Å². The molecule has 0 radical (unpaired) electrons. The fraction of sp³-hybridized carbons (Fsp3) is 0.115. The summed E-state index contributed by atoms with van der Waals surface area (Å²) < 4.78 is 0. The predicted octanol–water partition coefficient (Wildman–Crippen LogP) is 4.73. The molecule has 0 atom stereocenters. The lowest BCUT2D eigenvalue weighted by molar-refractivity contribution is 0.724. The van der Waals surface area contributed by atoms with Gasteiger partial charge < -0.3 is 10.3 Å². The van der Waals surface area contributed by atoms with E-state index in [1.54, 1.807) is 18.6 Å². The smallest absolute Gasteiger partial charge is 0.159 e. The normalized spacial score (nSPS) is 11.4. The van der Waals surface area contributed by atoms with E-state index in [0.717, 1.165) is 68.7 Å². The zero-order chi connectivity index (χ0) is 22.9. The van der Waals surface area contributed by atoms with Crippen LogP contribution < -0.4 is 5.32 Å². The number of aromatic nitrogens is 7. The van der Waals surface area contributed by atoms with Gasteiger partial charge in [-0.05, 0) is 48.0 Å². The van der Waals surface area contributed by atoms with Gasteiger partial charge in [-0.1, -0.05) is 19.1 Å². The van der Waals surface area contributed by atoms with E-state index in [1.807, 2.05) is 36.7 Å².